The number of benzene rings is 4. The monoisotopic (exact) mass is 994 g/mol. The third-order valence-corrected chi connectivity index (χ3v) is 13.2. The summed E-state index contributed by atoms with van der Waals surface area (Å²) in [5.74, 6) is -1.51. The van der Waals surface area contributed by atoms with Gasteiger partial charge in [-0.1, -0.05) is 88.4 Å². The standard InChI is InChI=1S/C29H38ClN3O3.C27H34ClN3O3/c1-5-7-8-9-10-25(27-20-22-19-23(30)13-16-26(22)33(27)4)31-24-14-11-21(12-15-24)29(35)32(3)18-17-28(34)36-6-2;1-4-5-6-7-8-23(25-18-20-17-21(28)11-14-24(20)31(25)3)29-22-12-9-19(10-13-22)27(34)30(2)16-15-26(32)33/h11-16,19-20,25,31H,5-10,17-18H2,1-4H3;9-14,17-18,23,29H,4-8,15-16H2,1-3H3,(H,32,33). The number of nitrogens with zero attached hydrogens (tertiary/aromatic N) is 4. The first-order chi connectivity index (χ1) is 33.6. The molecule has 2 aromatic heterocycles. The fourth-order valence-corrected chi connectivity index (χ4v) is 9.07. The van der Waals surface area contributed by atoms with Gasteiger partial charge < -0.3 is 39.4 Å². The van der Waals surface area contributed by atoms with Gasteiger partial charge in [0.15, 0.2) is 0 Å². The molecule has 0 saturated carbocycles. The number of halogens is 2. The number of amides is 2. The third kappa shape index (κ3) is 15.8. The van der Waals surface area contributed by atoms with Gasteiger partial charge in [0.1, 0.15) is 0 Å². The lowest BCUT2D eigenvalue weighted by atomic mass is 10.0. The summed E-state index contributed by atoms with van der Waals surface area (Å²) in [6, 6.07) is 31.6. The number of carbonyl (C=O) groups excluding carboxylic acids is 3. The van der Waals surface area contributed by atoms with E-state index in [9.17, 15) is 19.2 Å². The van der Waals surface area contributed by atoms with Gasteiger partial charge in [0, 0.05) is 107 Å². The molecular formula is C56H72Cl2N6O6. The predicted molar refractivity (Wildman–Crippen MR) is 286 cm³/mol. The zero-order valence-electron chi connectivity index (χ0n) is 42.0. The molecule has 2 atom stereocenters. The molecule has 2 unspecified atom stereocenters. The van der Waals surface area contributed by atoms with E-state index in [4.69, 9.17) is 33.0 Å². The van der Waals surface area contributed by atoms with Crippen LogP contribution in [-0.4, -0.2) is 81.6 Å². The van der Waals surface area contributed by atoms with Crippen LogP contribution in [0.15, 0.2) is 97.1 Å². The molecule has 0 aliphatic rings. The second kappa shape index (κ2) is 27.4. The van der Waals surface area contributed by atoms with E-state index in [0.717, 1.165) is 68.9 Å². The number of anilines is 2. The average molecular weight is 996 g/mol. The molecule has 3 N–H and O–H groups in total. The van der Waals surface area contributed by atoms with Crippen LogP contribution in [0.2, 0.25) is 10.0 Å². The molecule has 0 aliphatic heterocycles. The Kier molecular flexibility index (Phi) is 21.5. The zero-order valence-corrected chi connectivity index (χ0v) is 43.5. The van der Waals surface area contributed by atoms with Crippen LogP contribution >= 0.6 is 23.2 Å². The molecule has 0 spiro atoms. The smallest absolute Gasteiger partial charge is 0.307 e. The van der Waals surface area contributed by atoms with Crippen molar-refractivity contribution in [2.24, 2.45) is 14.1 Å². The van der Waals surface area contributed by atoms with Crippen molar-refractivity contribution in [2.45, 2.75) is 110 Å². The van der Waals surface area contributed by atoms with E-state index in [1.807, 2.05) is 60.7 Å². The fourth-order valence-electron chi connectivity index (χ4n) is 8.71. The minimum atomic E-state index is -0.917. The van der Waals surface area contributed by atoms with Gasteiger partial charge in [0.25, 0.3) is 11.8 Å². The van der Waals surface area contributed by atoms with Crippen LogP contribution in [0.1, 0.15) is 142 Å². The Hall–Kier alpha value is -5.98. The number of esters is 1. The number of carboxylic acids is 1. The van der Waals surface area contributed by atoms with E-state index in [2.05, 4.69) is 72.0 Å². The van der Waals surface area contributed by atoms with Crippen molar-refractivity contribution in [2.75, 3.05) is 44.4 Å². The molecule has 0 aliphatic carbocycles. The lowest BCUT2D eigenvalue weighted by Crippen LogP contribution is -2.29. The van der Waals surface area contributed by atoms with Crippen molar-refractivity contribution in [3.8, 4) is 0 Å². The molecule has 0 bridgehead atoms. The number of carboxylic acid groups (broad SMARTS) is 1. The highest BCUT2D eigenvalue weighted by Crippen LogP contribution is 2.33. The number of fused-ring (bicyclic) bond motifs is 2. The number of nitrogens with one attached hydrogen (secondary N) is 2. The van der Waals surface area contributed by atoms with Crippen LogP contribution < -0.4 is 10.6 Å². The summed E-state index contributed by atoms with van der Waals surface area (Å²) in [4.78, 5) is 50.7. The van der Waals surface area contributed by atoms with Gasteiger partial charge in [-0.3, -0.25) is 19.2 Å². The van der Waals surface area contributed by atoms with E-state index in [0.29, 0.717) is 24.3 Å². The maximum absolute atomic E-state index is 12.8. The highest BCUT2D eigenvalue weighted by atomic mass is 35.5. The van der Waals surface area contributed by atoms with Crippen LogP contribution in [-0.2, 0) is 28.4 Å². The Morgan fingerprint density at radius 3 is 1.39 bits per heavy atom. The number of aliphatic carboxylic acids is 1. The quantitative estimate of drug-likeness (QED) is 0.0381. The van der Waals surface area contributed by atoms with Gasteiger partial charge in [0.05, 0.1) is 31.5 Å². The lowest BCUT2D eigenvalue weighted by Gasteiger charge is -2.22. The molecule has 0 radical (unpaired) electrons. The second-order valence-electron chi connectivity index (χ2n) is 18.1. The van der Waals surface area contributed by atoms with Crippen molar-refractivity contribution in [3.63, 3.8) is 0 Å². The molecule has 2 heterocycles. The van der Waals surface area contributed by atoms with Gasteiger partial charge in [-0.25, -0.2) is 0 Å². The molecule has 12 nitrogen and oxygen atoms in total. The maximum Gasteiger partial charge on any atom is 0.307 e. The van der Waals surface area contributed by atoms with Crippen LogP contribution in [0.4, 0.5) is 11.4 Å². The molecule has 4 aromatic carbocycles. The predicted octanol–water partition coefficient (Wildman–Crippen LogP) is 13.5. The molecule has 14 heteroatoms. The van der Waals surface area contributed by atoms with Crippen molar-refractivity contribution < 1.29 is 29.0 Å². The summed E-state index contributed by atoms with van der Waals surface area (Å²) in [6.45, 7) is 7.05. The van der Waals surface area contributed by atoms with E-state index < -0.39 is 5.97 Å². The molecule has 2 amide bonds. The Bertz CT molecular complexity index is 2640. The number of aromatic nitrogens is 2. The van der Waals surface area contributed by atoms with Gasteiger partial charge in [0.2, 0.25) is 0 Å². The summed E-state index contributed by atoms with van der Waals surface area (Å²) in [5, 5.41) is 19.9. The Morgan fingerprint density at radius 1 is 0.586 bits per heavy atom. The number of unbranched alkanes of at least 4 members (excludes halogenated alkanes) is 6. The summed E-state index contributed by atoms with van der Waals surface area (Å²) < 4.78 is 9.40. The SMILES string of the molecule is CCCCCCC(Nc1ccc(C(=O)N(C)CCC(=O)O)cc1)c1cc2cc(Cl)ccc2n1C.CCCCCCC(Nc1ccc(C(=O)N(C)CCC(=O)OCC)cc1)c1cc2cc(Cl)ccc2n1C. The summed E-state index contributed by atoms with van der Waals surface area (Å²) in [5.41, 5.74) is 7.73. The van der Waals surface area contributed by atoms with Crippen molar-refractivity contribution in [3.05, 3.63) is 130 Å². The molecule has 0 fully saturated rings. The first kappa shape index (κ1) is 55.0. The van der Waals surface area contributed by atoms with Gasteiger partial charge in [-0.05, 0) is 117 Å². The van der Waals surface area contributed by atoms with E-state index in [1.54, 1.807) is 38.1 Å². The average Bonchev–Trinajstić information content (AvgIpc) is 3.85. The number of hydrogen-bond donors (Lipinski definition) is 3. The Balaban J connectivity index is 0.000000261. The molecule has 0 saturated heterocycles. The summed E-state index contributed by atoms with van der Waals surface area (Å²) in [7, 11) is 7.50. The number of aryl methyl sites for hydroxylation is 2. The largest absolute Gasteiger partial charge is 0.481 e. The summed E-state index contributed by atoms with van der Waals surface area (Å²) >= 11 is 12.5. The highest BCUT2D eigenvalue weighted by molar-refractivity contribution is 6.31. The molecule has 376 valence electrons. The van der Waals surface area contributed by atoms with E-state index in [1.165, 1.54) is 54.8 Å². The van der Waals surface area contributed by atoms with Crippen LogP contribution in [0.25, 0.3) is 21.8 Å². The maximum atomic E-state index is 12.8. The van der Waals surface area contributed by atoms with Crippen molar-refractivity contribution >= 4 is 80.1 Å². The highest BCUT2D eigenvalue weighted by Gasteiger charge is 2.21. The number of rotatable bonds is 25. The first-order valence-corrected chi connectivity index (χ1v) is 25.5. The Morgan fingerprint density at radius 2 is 1.00 bits per heavy atom. The molecule has 70 heavy (non-hydrogen) atoms. The fraction of sp³-hybridized carbons (Fsp3) is 0.429. The normalized spacial score (nSPS) is 12.0. The number of ether oxygens (including phenoxy) is 1. The van der Waals surface area contributed by atoms with Crippen LogP contribution in [0, 0.1) is 0 Å². The topological polar surface area (TPSA) is 138 Å². The van der Waals surface area contributed by atoms with E-state index >= 15 is 0 Å². The minimum Gasteiger partial charge on any atom is -0.481 e. The van der Waals surface area contributed by atoms with Gasteiger partial charge >= 0.3 is 11.9 Å². The summed E-state index contributed by atoms with van der Waals surface area (Å²) in [6.07, 6.45) is 11.6. The van der Waals surface area contributed by atoms with Crippen molar-refractivity contribution in [1.29, 1.82) is 0 Å². The number of carbonyl (C=O) groups is 4. The lowest BCUT2D eigenvalue weighted by molar-refractivity contribution is -0.143. The first-order valence-electron chi connectivity index (χ1n) is 24.7. The molecule has 6 rings (SSSR count). The van der Waals surface area contributed by atoms with Crippen molar-refractivity contribution in [1.82, 2.24) is 18.9 Å². The van der Waals surface area contributed by atoms with E-state index in [-0.39, 0.29) is 49.3 Å². The zero-order chi connectivity index (χ0) is 50.7. The molecular weight excluding hydrogens is 924 g/mol. The van der Waals surface area contributed by atoms with Gasteiger partial charge in [-0.2, -0.15) is 0 Å². The van der Waals surface area contributed by atoms with Gasteiger partial charge in [-0.15, -0.1) is 0 Å². The number of hydrogen-bond acceptors (Lipinski definition) is 7. The minimum absolute atomic E-state index is 0.0716. The third-order valence-electron chi connectivity index (χ3n) is 12.7. The molecule has 6 aromatic rings. The van der Waals surface area contributed by atoms with Crippen LogP contribution in [0.5, 0.6) is 0 Å². The second-order valence-corrected chi connectivity index (χ2v) is 18.9. The Labute approximate surface area is 424 Å². The van der Waals surface area contributed by atoms with Crippen LogP contribution in [0.3, 0.4) is 0 Å².